The van der Waals surface area contributed by atoms with Crippen LogP contribution in [-0.4, -0.2) is 41.1 Å². The predicted molar refractivity (Wildman–Crippen MR) is 138 cm³/mol. The van der Waals surface area contributed by atoms with E-state index in [1.54, 1.807) is 25.6 Å². The number of hydrogen-bond donors (Lipinski definition) is 1. The van der Waals surface area contributed by atoms with Crippen molar-refractivity contribution in [3.05, 3.63) is 102 Å². The molecule has 6 rings (SSSR count). The van der Waals surface area contributed by atoms with Crippen molar-refractivity contribution in [3.63, 3.8) is 0 Å². The summed E-state index contributed by atoms with van der Waals surface area (Å²) in [4.78, 5) is 10.1. The molecule has 4 heterocycles. The summed E-state index contributed by atoms with van der Waals surface area (Å²) in [5, 5.41) is 0. The lowest BCUT2D eigenvalue weighted by Gasteiger charge is -2.28. The number of aromatic nitrogens is 2. The number of nitrogens with zero attached hydrogens (tertiary/aromatic N) is 2. The normalized spacial score (nSPS) is 19.7. The van der Waals surface area contributed by atoms with Gasteiger partial charge in [-0.25, -0.2) is 8.78 Å². The second kappa shape index (κ2) is 9.36. The molecule has 36 heavy (non-hydrogen) atoms. The van der Waals surface area contributed by atoms with E-state index in [2.05, 4.69) is 39.1 Å². The van der Waals surface area contributed by atoms with Crippen LogP contribution in [-0.2, 0) is 0 Å². The van der Waals surface area contributed by atoms with Gasteiger partial charge in [0.25, 0.3) is 0 Å². The fraction of sp³-hybridized carbons (Fsp3) is 0.233. The Morgan fingerprint density at radius 2 is 1.86 bits per heavy atom. The van der Waals surface area contributed by atoms with Crippen molar-refractivity contribution in [2.45, 2.75) is 24.8 Å². The highest BCUT2D eigenvalue weighted by Crippen LogP contribution is 2.43. The molecule has 0 spiro atoms. The van der Waals surface area contributed by atoms with Crippen molar-refractivity contribution in [2.24, 2.45) is 0 Å². The Labute approximate surface area is 209 Å². The number of aromatic amines is 1. The monoisotopic (exact) mass is 483 g/mol. The smallest absolute Gasteiger partial charge is 0.159 e. The van der Waals surface area contributed by atoms with Gasteiger partial charge >= 0.3 is 0 Å². The number of nitrogens with one attached hydrogen (secondary N) is 1. The number of halogens is 2. The number of fused-ring (bicyclic) bond motifs is 1. The number of ether oxygens (including phenoxy) is 1. The van der Waals surface area contributed by atoms with Crippen molar-refractivity contribution in [3.8, 4) is 28.1 Å². The first-order valence-electron chi connectivity index (χ1n) is 12.3. The molecule has 0 amide bonds. The van der Waals surface area contributed by atoms with E-state index in [4.69, 9.17) is 4.74 Å². The Balaban J connectivity index is 1.37. The molecule has 4 aromatic rings. The molecule has 0 aliphatic carbocycles. The van der Waals surface area contributed by atoms with Crippen LogP contribution >= 0.6 is 0 Å². The SMILES string of the molecule is COc1cccc([C@@H]2C[C@H]3C=C(c4c[nH]c(-c5ccc(F)c(F)c5)c4-c4ccncc4)CCN3C2)c1. The third kappa shape index (κ3) is 4.11. The maximum Gasteiger partial charge on any atom is 0.159 e. The van der Waals surface area contributed by atoms with E-state index >= 15 is 0 Å². The molecule has 0 unspecified atom stereocenters. The maximum absolute atomic E-state index is 14.1. The lowest BCUT2D eigenvalue weighted by Crippen LogP contribution is -2.32. The van der Waals surface area contributed by atoms with E-state index in [1.165, 1.54) is 23.3 Å². The van der Waals surface area contributed by atoms with Crippen molar-refractivity contribution >= 4 is 5.57 Å². The summed E-state index contributed by atoms with van der Waals surface area (Å²) in [5.41, 5.74) is 7.07. The average Bonchev–Trinajstić information content (AvgIpc) is 3.55. The first-order valence-corrected chi connectivity index (χ1v) is 12.3. The first kappa shape index (κ1) is 22.7. The van der Waals surface area contributed by atoms with Crippen LogP contribution in [0, 0.1) is 11.6 Å². The minimum Gasteiger partial charge on any atom is -0.497 e. The van der Waals surface area contributed by atoms with Gasteiger partial charge in [-0.1, -0.05) is 18.2 Å². The maximum atomic E-state index is 14.1. The number of H-pyrrole nitrogens is 1. The molecule has 2 aromatic heterocycles. The van der Waals surface area contributed by atoms with E-state index < -0.39 is 11.6 Å². The number of rotatable bonds is 5. The lowest BCUT2D eigenvalue weighted by atomic mass is 9.90. The van der Waals surface area contributed by atoms with Gasteiger partial charge in [-0.05, 0) is 77.9 Å². The summed E-state index contributed by atoms with van der Waals surface area (Å²) < 4.78 is 33.2. The molecule has 1 N–H and O–H groups in total. The zero-order chi connectivity index (χ0) is 24.6. The Morgan fingerprint density at radius 1 is 1.00 bits per heavy atom. The lowest BCUT2D eigenvalue weighted by molar-refractivity contribution is 0.286. The summed E-state index contributed by atoms with van der Waals surface area (Å²) in [7, 11) is 1.71. The third-order valence-electron chi connectivity index (χ3n) is 7.48. The minimum atomic E-state index is -0.855. The molecule has 182 valence electrons. The number of methoxy groups -OCH3 is 1. The Bertz CT molecular complexity index is 1430. The molecule has 4 nitrogen and oxygen atoms in total. The molecule has 1 fully saturated rings. The molecule has 2 aliphatic heterocycles. The summed E-state index contributed by atoms with van der Waals surface area (Å²) in [6, 6.07) is 16.7. The molecule has 0 radical (unpaired) electrons. The predicted octanol–water partition coefficient (Wildman–Crippen LogP) is 6.68. The van der Waals surface area contributed by atoms with Gasteiger partial charge in [-0.3, -0.25) is 9.88 Å². The quantitative estimate of drug-likeness (QED) is 0.344. The highest BCUT2D eigenvalue weighted by atomic mass is 19.2. The second-order valence-electron chi connectivity index (χ2n) is 9.53. The molecule has 1 saturated heterocycles. The number of benzene rings is 2. The van der Waals surface area contributed by atoms with E-state index in [1.807, 2.05) is 24.4 Å². The van der Waals surface area contributed by atoms with Crippen LogP contribution in [0.4, 0.5) is 8.78 Å². The molecule has 0 saturated carbocycles. The second-order valence-corrected chi connectivity index (χ2v) is 9.53. The first-order chi connectivity index (χ1) is 17.6. The van der Waals surface area contributed by atoms with Gasteiger partial charge in [0.05, 0.1) is 12.8 Å². The van der Waals surface area contributed by atoms with Gasteiger partial charge in [0.15, 0.2) is 11.6 Å². The van der Waals surface area contributed by atoms with Gasteiger partial charge in [0.2, 0.25) is 0 Å². The van der Waals surface area contributed by atoms with Crippen molar-refractivity contribution < 1.29 is 13.5 Å². The summed E-state index contributed by atoms with van der Waals surface area (Å²) in [5.74, 6) is -0.346. The molecule has 6 heteroatoms. The van der Waals surface area contributed by atoms with E-state index in [0.29, 0.717) is 17.5 Å². The third-order valence-corrected chi connectivity index (χ3v) is 7.48. The van der Waals surface area contributed by atoms with Crippen LogP contribution in [0.25, 0.3) is 28.0 Å². The van der Waals surface area contributed by atoms with Crippen LogP contribution in [0.1, 0.15) is 29.9 Å². The molecule has 2 atom stereocenters. The Morgan fingerprint density at radius 3 is 2.67 bits per heavy atom. The molecular formula is C30H27F2N3O. The van der Waals surface area contributed by atoms with E-state index in [-0.39, 0.29) is 0 Å². The number of pyridine rings is 1. The molecule has 2 aromatic carbocycles. The zero-order valence-corrected chi connectivity index (χ0v) is 20.0. The van der Waals surface area contributed by atoms with Crippen LogP contribution in [0.5, 0.6) is 5.75 Å². The highest BCUT2D eigenvalue weighted by molar-refractivity contribution is 5.91. The Hall–Kier alpha value is -3.77. The van der Waals surface area contributed by atoms with Crippen LogP contribution in [0.3, 0.4) is 0 Å². The Kier molecular flexibility index (Phi) is 5.89. The standard InChI is InChI=1S/C30H27F2N3O/c1-36-25-4-2-3-20(15-25)23-14-24-13-21(9-12-35(24)18-23)26-17-34-30(22-5-6-27(31)28(32)16-22)29(26)19-7-10-33-11-8-19/h2-8,10-11,13,15-17,23-24,34H,9,12,14,18H2,1H3/t23-,24-/m1/s1. The van der Waals surface area contributed by atoms with Crippen LogP contribution < -0.4 is 4.74 Å². The number of hydrogen-bond acceptors (Lipinski definition) is 3. The molecular weight excluding hydrogens is 456 g/mol. The van der Waals surface area contributed by atoms with Crippen molar-refractivity contribution in [1.82, 2.24) is 14.9 Å². The summed E-state index contributed by atoms with van der Waals surface area (Å²) >= 11 is 0. The summed E-state index contributed by atoms with van der Waals surface area (Å²) in [6.45, 7) is 2.02. The van der Waals surface area contributed by atoms with Crippen LogP contribution in [0.2, 0.25) is 0 Å². The van der Waals surface area contributed by atoms with E-state index in [0.717, 1.165) is 54.1 Å². The molecule has 0 bridgehead atoms. The van der Waals surface area contributed by atoms with Gasteiger partial charge < -0.3 is 9.72 Å². The molecule has 2 aliphatic rings. The van der Waals surface area contributed by atoms with Crippen molar-refractivity contribution in [1.29, 1.82) is 0 Å². The van der Waals surface area contributed by atoms with Gasteiger partial charge in [0.1, 0.15) is 5.75 Å². The van der Waals surface area contributed by atoms with Gasteiger partial charge in [-0.15, -0.1) is 0 Å². The van der Waals surface area contributed by atoms with Crippen molar-refractivity contribution in [2.75, 3.05) is 20.2 Å². The topological polar surface area (TPSA) is 41.1 Å². The fourth-order valence-corrected chi connectivity index (χ4v) is 5.68. The highest BCUT2D eigenvalue weighted by Gasteiger charge is 2.35. The van der Waals surface area contributed by atoms with Gasteiger partial charge in [-0.2, -0.15) is 0 Å². The van der Waals surface area contributed by atoms with E-state index in [9.17, 15) is 8.78 Å². The summed E-state index contributed by atoms with van der Waals surface area (Å²) in [6.07, 6.45) is 9.90. The average molecular weight is 484 g/mol. The zero-order valence-electron chi connectivity index (χ0n) is 20.0. The van der Waals surface area contributed by atoms with Gasteiger partial charge in [0, 0.05) is 54.4 Å². The van der Waals surface area contributed by atoms with Crippen LogP contribution in [0.15, 0.2) is 79.3 Å². The minimum absolute atomic E-state index is 0.358. The largest absolute Gasteiger partial charge is 0.497 e. The fourth-order valence-electron chi connectivity index (χ4n) is 5.68.